The van der Waals surface area contributed by atoms with Crippen molar-refractivity contribution in [2.24, 2.45) is 0 Å². The molecule has 5 nitrogen and oxygen atoms in total. The zero-order valence-electron chi connectivity index (χ0n) is 12.5. The molecule has 0 fully saturated rings. The minimum absolute atomic E-state index is 0.105. The fraction of sp³-hybridized carbons (Fsp3) is 0.400. The summed E-state index contributed by atoms with van der Waals surface area (Å²) in [6, 6.07) is 7.25. The molecule has 0 saturated carbocycles. The van der Waals surface area contributed by atoms with E-state index in [9.17, 15) is 8.42 Å². The molecule has 0 radical (unpaired) electrons. The van der Waals surface area contributed by atoms with E-state index in [1.54, 1.807) is 18.3 Å². The van der Waals surface area contributed by atoms with Gasteiger partial charge in [0, 0.05) is 24.7 Å². The van der Waals surface area contributed by atoms with Crippen LogP contribution in [-0.4, -0.2) is 24.6 Å². The number of benzene rings is 1. The Morgan fingerprint density at radius 1 is 1.29 bits per heavy atom. The molecular weight excluding hydrogens is 286 g/mol. The van der Waals surface area contributed by atoms with E-state index in [0.717, 1.165) is 17.8 Å². The Balaban J connectivity index is 2.11. The van der Waals surface area contributed by atoms with E-state index in [-0.39, 0.29) is 12.1 Å². The van der Waals surface area contributed by atoms with Crippen molar-refractivity contribution in [3.8, 4) is 0 Å². The van der Waals surface area contributed by atoms with Crippen LogP contribution in [0.3, 0.4) is 0 Å². The maximum atomic E-state index is 11.5. The Morgan fingerprint density at radius 3 is 2.43 bits per heavy atom. The third kappa shape index (κ3) is 3.92. The lowest BCUT2D eigenvalue weighted by Gasteiger charge is -2.21. The normalized spacial score (nSPS) is 14.8. The van der Waals surface area contributed by atoms with Gasteiger partial charge in [0.05, 0.1) is 10.9 Å². The quantitative estimate of drug-likeness (QED) is 0.860. The second-order valence-electron chi connectivity index (χ2n) is 5.16. The van der Waals surface area contributed by atoms with Crippen LogP contribution in [0.25, 0.3) is 0 Å². The first-order valence-corrected chi connectivity index (χ1v) is 8.86. The molecule has 1 heterocycles. The van der Waals surface area contributed by atoms with E-state index in [2.05, 4.69) is 29.1 Å². The lowest BCUT2D eigenvalue weighted by atomic mass is 10.1. The minimum atomic E-state index is -3.14. The van der Waals surface area contributed by atoms with Crippen LogP contribution in [-0.2, 0) is 9.84 Å². The molecule has 1 aromatic heterocycles. The summed E-state index contributed by atoms with van der Waals surface area (Å²) in [5.41, 5.74) is 1.05. The van der Waals surface area contributed by atoms with Crippen LogP contribution in [0.15, 0.2) is 41.6 Å². The summed E-state index contributed by atoms with van der Waals surface area (Å²) >= 11 is 0. The van der Waals surface area contributed by atoms with E-state index in [1.165, 1.54) is 6.26 Å². The van der Waals surface area contributed by atoms with Crippen LogP contribution >= 0.6 is 0 Å². The molecule has 2 atom stereocenters. The Hall–Kier alpha value is -1.66. The Kier molecular flexibility index (Phi) is 4.80. The molecule has 2 rings (SSSR count). The van der Waals surface area contributed by atoms with Gasteiger partial charge < -0.3 is 10.3 Å². The second kappa shape index (κ2) is 6.41. The highest BCUT2D eigenvalue weighted by Crippen LogP contribution is 2.21. The van der Waals surface area contributed by atoms with Crippen molar-refractivity contribution in [2.45, 2.75) is 37.2 Å². The van der Waals surface area contributed by atoms with Crippen LogP contribution in [0.2, 0.25) is 0 Å². The first kappa shape index (κ1) is 15.7. The summed E-state index contributed by atoms with van der Waals surface area (Å²) in [6.07, 6.45) is 5.68. The molecule has 2 N–H and O–H groups in total. The van der Waals surface area contributed by atoms with E-state index >= 15 is 0 Å². The summed E-state index contributed by atoms with van der Waals surface area (Å²) in [6.45, 7) is 4.15. The van der Waals surface area contributed by atoms with Crippen LogP contribution in [0, 0.1) is 0 Å². The molecular formula is C15H21N3O2S. The van der Waals surface area contributed by atoms with Crippen LogP contribution < -0.4 is 5.32 Å². The number of hydrogen-bond donors (Lipinski definition) is 2. The van der Waals surface area contributed by atoms with Crippen LogP contribution in [0.4, 0.5) is 0 Å². The van der Waals surface area contributed by atoms with Crippen molar-refractivity contribution in [1.29, 1.82) is 0 Å². The van der Waals surface area contributed by atoms with Gasteiger partial charge >= 0.3 is 0 Å². The molecule has 21 heavy (non-hydrogen) atoms. The van der Waals surface area contributed by atoms with Crippen molar-refractivity contribution < 1.29 is 8.42 Å². The Bertz CT molecular complexity index is 663. The number of hydrogen-bond acceptors (Lipinski definition) is 4. The summed E-state index contributed by atoms with van der Waals surface area (Å²) < 4.78 is 22.9. The average molecular weight is 307 g/mol. The minimum Gasteiger partial charge on any atom is -0.347 e. The van der Waals surface area contributed by atoms with Gasteiger partial charge in [0.15, 0.2) is 9.84 Å². The van der Waals surface area contributed by atoms with E-state index in [0.29, 0.717) is 4.90 Å². The fourth-order valence-corrected chi connectivity index (χ4v) is 2.89. The first-order chi connectivity index (χ1) is 9.91. The lowest BCUT2D eigenvalue weighted by molar-refractivity contribution is 0.441. The fourth-order valence-electron chi connectivity index (χ4n) is 2.26. The average Bonchev–Trinajstić information content (AvgIpc) is 2.97. The van der Waals surface area contributed by atoms with Crippen molar-refractivity contribution in [2.75, 3.05) is 6.26 Å². The monoisotopic (exact) mass is 307 g/mol. The van der Waals surface area contributed by atoms with Gasteiger partial charge in [-0.15, -0.1) is 0 Å². The Labute approximate surface area is 125 Å². The SMILES string of the molecule is CCC(NC(C)c1ccc(S(C)(=O)=O)cc1)c1ncc[nH]1. The second-order valence-corrected chi connectivity index (χ2v) is 7.18. The predicted molar refractivity (Wildman–Crippen MR) is 82.7 cm³/mol. The van der Waals surface area contributed by atoms with Crippen molar-refractivity contribution in [3.05, 3.63) is 48.0 Å². The number of nitrogens with zero attached hydrogens (tertiary/aromatic N) is 1. The number of nitrogens with one attached hydrogen (secondary N) is 2. The molecule has 2 unspecified atom stereocenters. The zero-order chi connectivity index (χ0) is 15.5. The number of imidazole rings is 1. The summed E-state index contributed by atoms with van der Waals surface area (Å²) in [5.74, 6) is 0.914. The molecule has 0 bridgehead atoms. The van der Waals surface area contributed by atoms with E-state index in [1.807, 2.05) is 18.3 Å². The number of H-pyrrole nitrogens is 1. The van der Waals surface area contributed by atoms with Gasteiger partial charge in [0.2, 0.25) is 0 Å². The topological polar surface area (TPSA) is 74.8 Å². The maximum Gasteiger partial charge on any atom is 0.175 e. The highest BCUT2D eigenvalue weighted by atomic mass is 32.2. The summed E-state index contributed by atoms with van der Waals surface area (Å²) in [4.78, 5) is 7.75. The van der Waals surface area contributed by atoms with E-state index < -0.39 is 9.84 Å². The van der Waals surface area contributed by atoms with Crippen LogP contribution in [0.5, 0.6) is 0 Å². The maximum absolute atomic E-state index is 11.5. The molecule has 0 saturated heterocycles. The molecule has 6 heteroatoms. The van der Waals surface area contributed by atoms with Crippen molar-refractivity contribution in [1.82, 2.24) is 15.3 Å². The zero-order valence-corrected chi connectivity index (χ0v) is 13.3. The Morgan fingerprint density at radius 2 is 1.95 bits per heavy atom. The molecule has 0 spiro atoms. The molecule has 2 aromatic rings. The number of aromatic nitrogens is 2. The number of rotatable bonds is 6. The summed E-state index contributed by atoms with van der Waals surface area (Å²) in [7, 11) is -3.14. The molecule has 114 valence electrons. The largest absolute Gasteiger partial charge is 0.347 e. The number of aromatic amines is 1. The smallest absolute Gasteiger partial charge is 0.175 e. The third-order valence-electron chi connectivity index (χ3n) is 3.52. The highest BCUT2D eigenvalue weighted by Gasteiger charge is 2.16. The number of sulfone groups is 1. The third-order valence-corrected chi connectivity index (χ3v) is 4.65. The van der Waals surface area contributed by atoms with Crippen molar-refractivity contribution in [3.63, 3.8) is 0 Å². The standard InChI is InChI=1S/C15H21N3O2S/c1-4-14(15-16-9-10-17-15)18-11(2)12-5-7-13(8-6-12)21(3,19)20/h5-11,14,18H,4H2,1-3H3,(H,16,17). The van der Waals surface area contributed by atoms with Gasteiger partial charge in [0.1, 0.15) is 5.82 Å². The van der Waals surface area contributed by atoms with Gasteiger partial charge in [0.25, 0.3) is 0 Å². The van der Waals surface area contributed by atoms with Crippen molar-refractivity contribution >= 4 is 9.84 Å². The predicted octanol–water partition coefficient (Wildman–Crippen LogP) is 2.62. The molecule has 0 amide bonds. The first-order valence-electron chi connectivity index (χ1n) is 6.97. The highest BCUT2D eigenvalue weighted by molar-refractivity contribution is 7.90. The van der Waals surface area contributed by atoms with Gasteiger partial charge in [-0.2, -0.15) is 0 Å². The lowest BCUT2D eigenvalue weighted by Crippen LogP contribution is -2.25. The van der Waals surface area contributed by atoms with E-state index in [4.69, 9.17) is 0 Å². The molecule has 1 aromatic carbocycles. The van der Waals surface area contributed by atoms with Gasteiger partial charge in [-0.3, -0.25) is 0 Å². The summed E-state index contributed by atoms with van der Waals surface area (Å²) in [5, 5.41) is 3.50. The molecule has 0 aliphatic heterocycles. The molecule has 0 aliphatic rings. The van der Waals surface area contributed by atoms with Gasteiger partial charge in [-0.25, -0.2) is 13.4 Å². The molecule has 0 aliphatic carbocycles. The van der Waals surface area contributed by atoms with Crippen LogP contribution in [0.1, 0.15) is 43.7 Å². The van der Waals surface area contributed by atoms with Gasteiger partial charge in [-0.05, 0) is 31.0 Å². The van der Waals surface area contributed by atoms with Gasteiger partial charge in [-0.1, -0.05) is 19.1 Å².